The molecule has 0 aromatic heterocycles. The molecule has 1 aliphatic rings. The van der Waals surface area contributed by atoms with Gasteiger partial charge in [-0.1, -0.05) is 47.5 Å². The Bertz CT molecular complexity index is 834. The third-order valence-corrected chi connectivity index (χ3v) is 7.33. The third-order valence-electron chi connectivity index (χ3n) is 5.58. The lowest BCUT2D eigenvalue weighted by Gasteiger charge is -2.32. The van der Waals surface area contributed by atoms with Gasteiger partial charge < -0.3 is 15.2 Å². The number of nitrogens with one attached hydrogen (secondary N) is 1. The molecule has 2 aromatic carbocycles. The highest BCUT2D eigenvalue weighted by molar-refractivity contribution is 9.10. The van der Waals surface area contributed by atoms with E-state index in [0.29, 0.717) is 32.7 Å². The van der Waals surface area contributed by atoms with Gasteiger partial charge in [-0.25, -0.2) is 0 Å². The van der Waals surface area contributed by atoms with Gasteiger partial charge in [0.1, 0.15) is 23.0 Å². The average Bonchev–Trinajstić information content (AvgIpc) is 3.08. The normalized spacial score (nSPS) is 16.5. The maximum atomic E-state index is 10.6. The van der Waals surface area contributed by atoms with Gasteiger partial charge in [0.2, 0.25) is 0 Å². The molecule has 2 atom stereocenters. The number of hydrogen-bond donors (Lipinski definition) is 2. The molecule has 2 unspecified atom stereocenters. The fourth-order valence-electron chi connectivity index (χ4n) is 4.01. The molecule has 0 heterocycles. The van der Waals surface area contributed by atoms with Gasteiger partial charge in [-0.05, 0) is 85.1 Å². The van der Waals surface area contributed by atoms with Crippen molar-refractivity contribution in [3.8, 4) is 5.75 Å². The molecule has 0 saturated carbocycles. The zero-order valence-electron chi connectivity index (χ0n) is 17.0. The molecule has 3 rings (SSSR count). The minimum Gasteiger partial charge on any atom is -0.486 e. The lowest BCUT2D eigenvalue weighted by molar-refractivity contribution is 0.0418. The first-order chi connectivity index (χ1) is 13.7. The highest BCUT2D eigenvalue weighted by Gasteiger charge is 2.29. The molecule has 29 heavy (non-hydrogen) atoms. The maximum Gasteiger partial charge on any atom is 0.140 e. The number of halogens is 3. The van der Waals surface area contributed by atoms with Crippen LogP contribution >= 0.6 is 39.1 Å². The molecule has 2 N–H and O–H groups in total. The van der Waals surface area contributed by atoms with Crippen molar-refractivity contribution in [2.45, 2.75) is 57.8 Å². The molecule has 0 bridgehead atoms. The van der Waals surface area contributed by atoms with Gasteiger partial charge >= 0.3 is 0 Å². The van der Waals surface area contributed by atoms with Crippen LogP contribution in [0.25, 0.3) is 0 Å². The number of aliphatic hydroxyl groups excluding tert-OH is 1. The predicted molar refractivity (Wildman–Crippen MR) is 124 cm³/mol. The fraction of sp³-hybridized carbons (Fsp3) is 0.478. The SMILES string of the molecule is CC(Oc1ccc(Br)c(Cl)c1Cl)C(O)CNC(C)(C)CC1Cc2ccccc2C1. The molecule has 158 valence electrons. The van der Waals surface area contributed by atoms with Crippen LogP contribution in [0.5, 0.6) is 5.75 Å². The Morgan fingerprint density at radius 2 is 1.76 bits per heavy atom. The first kappa shape index (κ1) is 22.9. The first-order valence-corrected chi connectivity index (χ1v) is 11.5. The molecule has 2 aromatic rings. The molecule has 1 aliphatic carbocycles. The molecular weight excluding hydrogens is 473 g/mol. The quantitative estimate of drug-likeness (QED) is 0.433. The molecule has 6 heteroatoms. The van der Waals surface area contributed by atoms with Crippen molar-refractivity contribution in [1.29, 1.82) is 0 Å². The zero-order valence-corrected chi connectivity index (χ0v) is 20.1. The molecule has 0 fully saturated rings. The Kier molecular flexibility index (Phi) is 7.56. The van der Waals surface area contributed by atoms with Crippen LogP contribution in [0.1, 0.15) is 38.3 Å². The lowest BCUT2D eigenvalue weighted by Crippen LogP contribution is -2.48. The number of β-amino-alcohol motifs (C(OH)–C–C–N with tert-alkyl or cyclic N) is 1. The van der Waals surface area contributed by atoms with E-state index >= 15 is 0 Å². The van der Waals surface area contributed by atoms with Crippen molar-refractivity contribution >= 4 is 39.1 Å². The largest absolute Gasteiger partial charge is 0.486 e. The van der Waals surface area contributed by atoms with Crippen LogP contribution in [0.15, 0.2) is 40.9 Å². The summed E-state index contributed by atoms with van der Waals surface area (Å²) in [6.45, 7) is 6.66. The topological polar surface area (TPSA) is 41.5 Å². The van der Waals surface area contributed by atoms with Gasteiger partial charge in [-0.3, -0.25) is 0 Å². The number of hydrogen-bond acceptors (Lipinski definition) is 3. The van der Waals surface area contributed by atoms with Gasteiger partial charge in [-0.15, -0.1) is 0 Å². The number of rotatable bonds is 8. The van der Waals surface area contributed by atoms with Crippen LogP contribution in [0.4, 0.5) is 0 Å². The van der Waals surface area contributed by atoms with Crippen LogP contribution in [0.2, 0.25) is 10.0 Å². The van der Waals surface area contributed by atoms with E-state index in [1.165, 1.54) is 11.1 Å². The minimum absolute atomic E-state index is 0.0774. The van der Waals surface area contributed by atoms with Crippen LogP contribution in [0.3, 0.4) is 0 Å². The second-order valence-electron chi connectivity index (χ2n) is 8.58. The lowest BCUT2D eigenvalue weighted by atomic mass is 9.88. The van der Waals surface area contributed by atoms with E-state index < -0.39 is 12.2 Å². The molecule has 3 nitrogen and oxygen atoms in total. The standard InChI is InChI=1S/C23H28BrCl2NO2/c1-14(29-20-9-8-18(24)21(25)22(20)26)19(28)13-27-23(2,3)12-15-10-16-6-4-5-7-17(16)11-15/h4-9,14-15,19,27-28H,10-13H2,1-3H3. The zero-order chi connectivity index (χ0) is 21.2. The summed E-state index contributed by atoms with van der Waals surface area (Å²) < 4.78 is 6.57. The average molecular weight is 501 g/mol. The summed E-state index contributed by atoms with van der Waals surface area (Å²) in [5, 5.41) is 14.9. The summed E-state index contributed by atoms with van der Waals surface area (Å²) in [7, 11) is 0. The Morgan fingerprint density at radius 3 is 2.38 bits per heavy atom. The van der Waals surface area contributed by atoms with Gasteiger partial charge in [0.15, 0.2) is 0 Å². The number of ether oxygens (including phenoxy) is 1. The summed E-state index contributed by atoms with van der Waals surface area (Å²) in [6.07, 6.45) is 2.22. The third kappa shape index (κ3) is 5.89. The predicted octanol–water partition coefficient (Wildman–Crippen LogP) is 6.06. The van der Waals surface area contributed by atoms with Gasteiger partial charge in [0.25, 0.3) is 0 Å². The summed E-state index contributed by atoms with van der Waals surface area (Å²) in [5.74, 6) is 1.10. The van der Waals surface area contributed by atoms with E-state index in [0.717, 1.165) is 19.3 Å². The summed E-state index contributed by atoms with van der Waals surface area (Å²) in [4.78, 5) is 0. The number of aliphatic hydroxyl groups is 1. The van der Waals surface area contributed by atoms with Crippen molar-refractivity contribution in [2.75, 3.05) is 6.54 Å². The Hall–Kier alpha value is -0.780. The second-order valence-corrected chi connectivity index (χ2v) is 10.2. The Labute approximate surface area is 191 Å². The van der Waals surface area contributed by atoms with E-state index in [-0.39, 0.29) is 5.54 Å². The minimum atomic E-state index is -0.673. The molecule has 0 amide bonds. The van der Waals surface area contributed by atoms with E-state index in [1.54, 1.807) is 12.1 Å². The van der Waals surface area contributed by atoms with Crippen LogP contribution in [-0.4, -0.2) is 29.4 Å². The van der Waals surface area contributed by atoms with Crippen molar-refractivity contribution < 1.29 is 9.84 Å². The van der Waals surface area contributed by atoms with Crippen molar-refractivity contribution in [1.82, 2.24) is 5.32 Å². The Balaban J connectivity index is 1.50. The van der Waals surface area contributed by atoms with Gasteiger partial charge in [-0.2, -0.15) is 0 Å². The van der Waals surface area contributed by atoms with Crippen LogP contribution < -0.4 is 10.1 Å². The highest BCUT2D eigenvalue weighted by atomic mass is 79.9. The summed E-state index contributed by atoms with van der Waals surface area (Å²) in [5.41, 5.74) is 2.87. The monoisotopic (exact) mass is 499 g/mol. The van der Waals surface area contributed by atoms with Gasteiger partial charge in [0.05, 0.1) is 5.02 Å². The smallest absolute Gasteiger partial charge is 0.140 e. The van der Waals surface area contributed by atoms with E-state index in [9.17, 15) is 5.11 Å². The van der Waals surface area contributed by atoms with Gasteiger partial charge in [0, 0.05) is 16.6 Å². The Morgan fingerprint density at radius 1 is 1.14 bits per heavy atom. The summed E-state index contributed by atoms with van der Waals surface area (Å²) in [6, 6.07) is 12.2. The fourth-order valence-corrected chi connectivity index (χ4v) is 4.82. The molecule has 0 saturated heterocycles. The second kappa shape index (κ2) is 9.57. The highest BCUT2D eigenvalue weighted by Crippen LogP contribution is 2.38. The van der Waals surface area contributed by atoms with Crippen molar-refractivity contribution in [3.05, 3.63) is 62.0 Å². The van der Waals surface area contributed by atoms with E-state index in [2.05, 4.69) is 59.4 Å². The van der Waals surface area contributed by atoms with Crippen molar-refractivity contribution in [2.24, 2.45) is 5.92 Å². The van der Waals surface area contributed by atoms with Crippen molar-refractivity contribution in [3.63, 3.8) is 0 Å². The van der Waals surface area contributed by atoms with Crippen LogP contribution in [0, 0.1) is 5.92 Å². The molecule has 0 aliphatic heterocycles. The first-order valence-electron chi connectivity index (χ1n) is 9.96. The number of benzene rings is 2. The summed E-state index contributed by atoms with van der Waals surface area (Å²) >= 11 is 15.7. The molecule has 0 radical (unpaired) electrons. The maximum absolute atomic E-state index is 10.6. The van der Waals surface area contributed by atoms with E-state index in [4.69, 9.17) is 27.9 Å². The molecule has 0 spiro atoms. The van der Waals surface area contributed by atoms with E-state index in [1.807, 2.05) is 6.92 Å². The van der Waals surface area contributed by atoms with Crippen LogP contribution in [-0.2, 0) is 12.8 Å². The molecular formula is C23H28BrCl2NO2. The number of fused-ring (bicyclic) bond motifs is 1.